The van der Waals surface area contributed by atoms with Crippen molar-refractivity contribution in [1.29, 1.82) is 0 Å². The number of esters is 1. The van der Waals surface area contributed by atoms with E-state index in [9.17, 15) is 14.7 Å². The highest BCUT2D eigenvalue weighted by molar-refractivity contribution is 5.80. The molecule has 3 rings (SSSR count). The molecule has 0 fully saturated rings. The second-order valence-electron chi connectivity index (χ2n) is 6.48. The van der Waals surface area contributed by atoms with E-state index < -0.39 is 17.9 Å². The zero-order valence-corrected chi connectivity index (χ0v) is 15.0. The second kappa shape index (κ2) is 8.64. The summed E-state index contributed by atoms with van der Waals surface area (Å²) in [7, 11) is 0. The average molecular weight is 366 g/mol. The maximum absolute atomic E-state index is 12.2. The van der Waals surface area contributed by atoms with Gasteiger partial charge in [0.25, 0.3) is 0 Å². The molecule has 1 aliphatic carbocycles. The van der Waals surface area contributed by atoms with Crippen LogP contribution in [0.1, 0.15) is 23.5 Å². The third-order valence-corrected chi connectivity index (χ3v) is 4.69. The first-order chi connectivity index (χ1) is 13.1. The summed E-state index contributed by atoms with van der Waals surface area (Å²) >= 11 is 0. The first-order valence-corrected chi connectivity index (χ1v) is 8.87. The monoisotopic (exact) mass is 366 g/mol. The largest absolute Gasteiger partial charge is 0.481 e. The molecule has 1 aliphatic rings. The minimum Gasteiger partial charge on any atom is -0.481 e. The second-order valence-corrected chi connectivity index (χ2v) is 6.48. The number of aliphatic carboxylic acids is 1. The van der Waals surface area contributed by atoms with E-state index >= 15 is 0 Å². The van der Waals surface area contributed by atoms with Crippen LogP contribution >= 0.6 is 0 Å². The predicted molar refractivity (Wildman–Crippen MR) is 101 cm³/mol. The van der Waals surface area contributed by atoms with Crippen LogP contribution in [0.3, 0.4) is 0 Å². The van der Waals surface area contributed by atoms with Gasteiger partial charge in [0.15, 0.2) is 0 Å². The van der Waals surface area contributed by atoms with Crippen LogP contribution in [-0.2, 0) is 19.1 Å². The van der Waals surface area contributed by atoms with Gasteiger partial charge in [-0.25, -0.2) is 0 Å². The molecule has 5 heteroatoms. The number of rotatable bonds is 9. The van der Waals surface area contributed by atoms with Gasteiger partial charge in [-0.1, -0.05) is 54.6 Å². The first-order valence-electron chi connectivity index (χ1n) is 8.87. The van der Waals surface area contributed by atoms with E-state index in [1.165, 1.54) is 6.08 Å². The van der Waals surface area contributed by atoms with E-state index in [0.717, 1.165) is 22.3 Å². The maximum Gasteiger partial charge on any atom is 0.309 e. The molecular formula is C22H22O5. The van der Waals surface area contributed by atoms with Crippen molar-refractivity contribution in [3.05, 3.63) is 72.3 Å². The minimum absolute atomic E-state index is 0.0401. The van der Waals surface area contributed by atoms with Crippen LogP contribution in [0.25, 0.3) is 11.1 Å². The number of carbonyl (C=O) groups is 2. The van der Waals surface area contributed by atoms with Crippen molar-refractivity contribution in [3.8, 4) is 11.1 Å². The Balaban J connectivity index is 1.65. The molecule has 0 heterocycles. The molecule has 2 aromatic carbocycles. The van der Waals surface area contributed by atoms with Crippen molar-refractivity contribution in [3.63, 3.8) is 0 Å². The summed E-state index contributed by atoms with van der Waals surface area (Å²) in [5.74, 6) is -2.58. The number of carbonyl (C=O) groups excluding carboxylic acids is 1. The molecule has 0 aliphatic heterocycles. The molecular weight excluding hydrogens is 344 g/mol. The molecule has 0 radical (unpaired) electrons. The highest BCUT2D eigenvalue weighted by atomic mass is 16.5. The Morgan fingerprint density at radius 2 is 1.67 bits per heavy atom. The third-order valence-electron chi connectivity index (χ3n) is 4.69. The van der Waals surface area contributed by atoms with Gasteiger partial charge in [0.1, 0.15) is 6.61 Å². The number of carboxylic acids is 1. The van der Waals surface area contributed by atoms with Gasteiger partial charge >= 0.3 is 11.9 Å². The summed E-state index contributed by atoms with van der Waals surface area (Å²) < 4.78 is 10.6. The van der Waals surface area contributed by atoms with Gasteiger partial charge in [-0.05, 0) is 22.3 Å². The van der Waals surface area contributed by atoms with E-state index in [1.54, 1.807) is 0 Å². The Morgan fingerprint density at radius 1 is 1.07 bits per heavy atom. The van der Waals surface area contributed by atoms with Gasteiger partial charge in [-0.3, -0.25) is 9.59 Å². The molecule has 27 heavy (non-hydrogen) atoms. The van der Waals surface area contributed by atoms with Gasteiger partial charge in [0.05, 0.1) is 25.6 Å². The molecule has 140 valence electrons. The summed E-state index contributed by atoms with van der Waals surface area (Å²) in [5.41, 5.74) is 4.54. The van der Waals surface area contributed by atoms with E-state index in [0.29, 0.717) is 0 Å². The molecule has 0 bridgehead atoms. The summed E-state index contributed by atoms with van der Waals surface area (Å²) in [4.78, 5) is 23.5. The number of fused-ring (bicyclic) bond motifs is 3. The van der Waals surface area contributed by atoms with Crippen molar-refractivity contribution in [1.82, 2.24) is 0 Å². The number of carboxylic acid groups (broad SMARTS) is 1. The van der Waals surface area contributed by atoms with Crippen molar-refractivity contribution in [2.75, 3.05) is 19.8 Å². The van der Waals surface area contributed by atoms with Crippen molar-refractivity contribution in [2.45, 2.75) is 12.3 Å². The Hall–Kier alpha value is -2.92. The molecule has 0 unspecified atom stereocenters. The van der Waals surface area contributed by atoms with Gasteiger partial charge in [0, 0.05) is 5.92 Å². The smallest absolute Gasteiger partial charge is 0.309 e. The zero-order chi connectivity index (χ0) is 19.2. The Morgan fingerprint density at radius 3 is 2.22 bits per heavy atom. The number of benzene rings is 2. The Bertz CT molecular complexity index is 797. The topological polar surface area (TPSA) is 72.8 Å². The van der Waals surface area contributed by atoms with Crippen LogP contribution in [0.5, 0.6) is 0 Å². The molecule has 1 atom stereocenters. The van der Waals surface area contributed by atoms with Crippen molar-refractivity contribution >= 4 is 11.9 Å². The summed E-state index contributed by atoms with van der Waals surface area (Å²) in [6, 6.07) is 16.1. The van der Waals surface area contributed by atoms with Gasteiger partial charge in [-0.2, -0.15) is 0 Å². The van der Waals surface area contributed by atoms with Crippen LogP contribution in [0.2, 0.25) is 0 Å². The molecule has 0 saturated heterocycles. The lowest BCUT2D eigenvalue weighted by Gasteiger charge is -2.16. The van der Waals surface area contributed by atoms with Gasteiger partial charge < -0.3 is 14.6 Å². The molecule has 1 N–H and O–H groups in total. The average Bonchev–Trinajstić information content (AvgIpc) is 2.99. The highest BCUT2D eigenvalue weighted by Crippen LogP contribution is 2.44. The zero-order valence-electron chi connectivity index (χ0n) is 15.0. The van der Waals surface area contributed by atoms with Crippen molar-refractivity contribution < 1.29 is 24.2 Å². The summed E-state index contributed by atoms with van der Waals surface area (Å²) in [5, 5.41) is 9.25. The Kier molecular flexibility index (Phi) is 6.04. The van der Waals surface area contributed by atoms with Crippen LogP contribution in [0.4, 0.5) is 0 Å². The van der Waals surface area contributed by atoms with Crippen LogP contribution in [0.15, 0.2) is 61.2 Å². The molecule has 0 amide bonds. The summed E-state index contributed by atoms with van der Waals surface area (Å²) in [6.07, 6.45) is 1.31. The standard InChI is InChI=1S/C22H22O5/c1-2-11-26-13-15(22(24)25)12-21(23)27-14-20-18-9-5-3-7-16(18)17-8-4-6-10-19(17)20/h2-10,15,20H,1,11-14H2,(H,24,25)/t15-/m0/s1. The SMILES string of the molecule is C=CCOC[C@H](CC(=O)OCC1c2ccccc2-c2ccccc21)C(=O)O. The molecule has 5 nitrogen and oxygen atoms in total. The van der Waals surface area contributed by atoms with Crippen LogP contribution in [-0.4, -0.2) is 36.9 Å². The molecule has 0 spiro atoms. The lowest BCUT2D eigenvalue weighted by Crippen LogP contribution is -2.25. The predicted octanol–water partition coefficient (Wildman–Crippen LogP) is 3.64. The molecule has 0 saturated carbocycles. The fourth-order valence-corrected chi connectivity index (χ4v) is 3.39. The van der Waals surface area contributed by atoms with Crippen LogP contribution < -0.4 is 0 Å². The molecule has 0 aromatic heterocycles. The normalized spacial score (nSPS) is 13.5. The minimum atomic E-state index is -1.08. The van der Waals surface area contributed by atoms with Crippen LogP contribution in [0, 0.1) is 5.92 Å². The van der Waals surface area contributed by atoms with E-state index in [2.05, 4.69) is 18.7 Å². The maximum atomic E-state index is 12.2. The fourth-order valence-electron chi connectivity index (χ4n) is 3.39. The lowest BCUT2D eigenvalue weighted by molar-refractivity contribution is -0.153. The van der Waals surface area contributed by atoms with E-state index in [-0.39, 0.29) is 32.2 Å². The summed E-state index contributed by atoms with van der Waals surface area (Å²) in [6.45, 7) is 3.89. The number of hydrogen-bond donors (Lipinski definition) is 1. The molecule has 2 aromatic rings. The number of hydrogen-bond acceptors (Lipinski definition) is 4. The first kappa shape index (κ1) is 18.9. The quantitative estimate of drug-likeness (QED) is 0.417. The fraction of sp³-hybridized carbons (Fsp3) is 0.273. The van der Waals surface area contributed by atoms with E-state index in [4.69, 9.17) is 9.47 Å². The lowest BCUT2D eigenvalue weighted by atomic mass is 9.98. The highest BCUT2D eigenvalue weighted by Gasteiger charge is 2.30. The number of ether oxygens (including phenoxy) is 2. The van der Waals surface area contributed by atoms with E-state index in [1.807, 2.05) is 36.4 Å². The third kappa shape index (κ3) is 4.26. The van der Waals surface area contributed by atoms with Gasteiger partial charge in [0.2, 0.25) is 0 Å². The van der Waals surface area contributed by atoms with Crippen molar-refractivity contribution in [2.24, 2.45) is 5.92 Å². The van der Waals surface area contributed by atoms with Gasteiger partial charge in [-0.15, -0.1) is 6.58 Å². The Labute approximate surface area is 158 Å².